The van der Waals surface area contributed by atoms with Crippen molar-refractivity contribution < 1.29 is 50.1 Å². The fraction of sp³-hybridized carbons (Fsp3) is 0.444. The molecule has 2 aliphatic heterocycles. The SMILES string of the molecule is CNC(=O)C(O)(N1Cc2c(NC(O)(O)c3ccccc3CN3CCCCC3)cccc2C1=O)C(O)(O)C(O)(O)C=O. The van der Waals surface area contributed by atoms with Crippen LogP contribution in [0.4, 0.5) is 5.69 Å². The predicted molar refractivity (Wildman–Crippen MR) is 141 cm³/mol. The number of benzene rings is 2. The number of hydrogen-bond donors (Lipinski definition) is 9. The topological polar surface area (TPSA) is 223 Å². The molecule has 14 nitrogen and oxygen atoms in total. The van der Waals surface area contributed by atoms with Gasteiger partial charge in [0.15, 0.2) is 6.29 Å². The first kappa shape index (κ1) is 30.5. The number of nitrogens with one attached hydrogen (secondary N) is 2. The number of likely N-dealkylation sites (N-methyl/N-ethyl adjacent to an activating group) is 1. The zero-order chi connectivity index (χ0) is 30.2. The Morgan fingerprint density at radius 1 is 0.951 bits per heavy atom. The van der Waals surface area contributed by atoms with Crippen LogP contribution >= 0.6 is 0 Å². The number of rotatable bonds is 10. The van der Waals surface area contributed by atoms with Crippen LogP contribution in [0.5, 0.6) is 0 Å². The number of anilines is 1. The maximum absolute atomic E-state index is 13.3. The number of carbonyl (C=O) groups is 3. The molecule has 1 fully saturated rings. The quantitative estimate of drug-likeness (QED) is 0.109. The minimum Gasteiger partial charge on any atom is -0.359 e. The molecule has 222 valence electrons. The van der Waals surface area contributed by atoms with Crippen LogP contribution in [0, 0.1) is 0 Å². The van der Waals surface area contributed by atoms with E-state index in [1.807, 2.05) is 5.32 Å². The summed E-state index contributed by atoms with van der Waals surface area (Å²) in [5.41, 5.74) is -3.20. The lowest BCUT2D eigenvalue weighted by molar-refractivity contribution is -0.398. The summed E-state index contributed by atoms with van der Waals surface area (Å²) < 4.78 is 0. The number of amides is 2. The third-order valence-electron chi connectivity index (χ3n) is 7.61. The Morgan fingerprint density at radius 2 is 1.61 bits per heavy atom. The van der Waals surface area contributed by atoms with Crippen molar-refractivity contribution in [3.63, 3.8) is 0 Å². The molecule has 2 aliphatic rings. The number of piperidine rings is 1. The van der Waals surface area contributed by atoms with Crippen LogP contribution in [-0.2, 0) is 28.6 Å². The van der Waals surface area contributed by atoms with Crippen molar-refractivity contribution in [1.82, 2.24) is 15.1 Å². The number of nitrogens with zero attached hydrogens (tertiary/aromatic N) is 2. The van der Waals surface area contributed by atoms with E-state index in [0.717, 1.165) is 39.4 Å². The van der Waals surface area contributed by atoms with Crippen LogP contribution in [0.1, 0.15) is 46.3 Å². The van der Waals surface area contributed by atoms with Crippen molar-refractivity contribution in [1.29, 1.82) is 0 Å². The highest BCUT2D eigenvalue weighted by Gasteiger charge is 2.70. The molecule has 9 N–H and O–H groups in total. The third-order valence-corrected chi connectivity index (χ3v) is 7.61. The van der Waals surface area contributed by atoms with Crippen LogP contribution in [0.25, 0.3) is 0 Å². The van der Waals surface area contributed by atoms with E-state index in [1.165, 1.54) is 24.3 Å². The van der Waals surface area contributed by atoms with E-state index in [0.29, 0.717) is 12.1 Å². The number of aliphatic hydroxyl groups is 7. The fourth-order valence-electron chi connectivity index (χ4n) is 5.31. The van der Waals surface area contributed by atoms with E-state index >= 15 is 0 Å². The van der Waals surface area contributed by atoms with Gasteiger partial charge in [0.2, 0.25) is 0 Å². The van der Waals surface area contributed by atoms with Crippen LogP contribution < -0.4 is 10.6 Å². The van der Waals surface area contributed by atoms with Gasteiger partial charge in [-0.2, -0.15) is 0 Å². The first-order valence-electron chi connectivity index (χ1n) is 13.0. The maximum Gasteiger partial charge on any atom is 0.285 e. The number of carbonyl (C=O) groups excluding carboxylic acids is 3. The largest absolute Gasteiger partial charge is 0.359 e. The normalized spacial score (nSPS) is 18.0. The number of aldehydes is 1. The Balaban J connectivity index is 1.69. The Kier molecular flexibility index (Phi) is 8.23. The Morgan fingerprint density at radius 3 is 2.24 bits per heavy atom. The van der Waals surface area contributed by atoms with Gasteiger partial charge in [-0.15, -0.1) is 0 Å². The molecule has 0 bridgehead atoms. The second-order valence-electron chi connectivity index (χ2n) is 10.3. The molecule has 1 saturated heterocycles. The molecule has 2 aromatic rings. The van der Waals surface area contributed by atoms with Gasteiger partial charge in [-0.25, -0.2) is 0 Å². The van der Waals surface area contributed by atoms with Crippen molar-refractivity contribution in [3.05, 3.63) is 64.7 Å². The second kappa shape index (κ2) is 11.1. The van der Waals surface area contributed by atoms with Gasteiger partial charge in [0.05, 0.1) is 6.54 Å². The summed E-state index contributed by atoms with van der Waals surface area (Å²) in [6, 6.07) is 10.7. The minimum absolute atomic E-state index is 0.00389. The number of fused-ring (bicyclic) bond motifs is 1. The Bertz CT molecular complexity index is 1320. The molecular weight excluding hydrogens is 540 g/mol. The van der Waals surface area contributed by atoms with E-state index in [9.17, 15) is 50.1 Å². The first-order valence-corrected chi connectivity index (χ1v) is 13.0. The highest BCUT2D eigenvalue weighted by molar-refractivity contribution is 6.03. The average molecular weight is 575 g/mol. The van der Waals surface area contributed by atoms with E-state index < -0.39 is 47.9 Å². The minimum atomic E-state index is -4.31. The van der Waals surface area contributed by atoms with Crippen LogP contribution in [0.3, 0.4) is 0 Å². The molecule has 0 spiro atoms. The molecule has 2 aromatic carbocycles. The molecule has 14 heteroatoms. The Labute approximate surface area is 235 Å². The van der Waals surface area contributed by atoms with Gasteiger partial charge < -0.3 is 46.4 Å². The van der Waals surface area contributed by atoms with Crippen molar-refractivity contribution in [2.75, 3.05) is 25.5 Å². The number of hydrogen-bond acceptors (Lipinski definition) is 12. The summed E-state index contributed by atoms with van der Waals surface area (Å²) >= 11 is 0. The summed E-state index contributed by atoms with van der Waals surface area (Å²) in [6.07, 6.45) is 2.48. The van der Waals surface area contributed by atoms with E-state index in [1.54, 1.807) is 18.2 Å². The smallest absolute Gasteiger partial charge is 0.285 e. The highest BCUT2D eigenvalue weighted by atomic mass is 16.6. The van der Waals surface area contributed by atoms with Gasteiger partial charge in [0, 0.05) is 36.0 Å². The second-order valence-corrected chi connectivity index (χ2v) is 10.3. The standard InChI is InChI=1S/C27H34N4O10/c1-28-23(34)25(37,27(40,41)24(35,36)16-32)31-15-19-18(22(31)33)9-7-11-21(19)29-26(38,39)20-10-4-3-8-17(20)14-30-12-5-2-6-13-30/h3-4,7-11,16,29,35-41H,2,5-6,12-15H2,1H3,(H,28,34). The highest BCUT2D eigenvalue weighted by Crippen LogP contribution is 2.40. The molecule has 0 aliphatic carbocycles. The van der Waals surface area contributed by atoms with Crippen LogP contribution in [-0.4, -0.2) is 101 Å². The van der Waals surface area contributed by atoms with Crippen molar-refractivity contribution in [2.45, 2.75) is 55.6 Å². The lowest BCUT2D eigenvalue weighted by atomic mass is 9.91. The monoisotopic (exact) mass is 574 g/mol. The summed E-state index contributed by atoms with van der Waals surface area (Å²) in [4.78, 5) is 39.7. The lowest BCUT2D eigenvalue weighted by Gasteiger charge is -2.46. The number of likely N-dealkylation sites (tertiary alicyclic amines) is 1. The molecule has 2 amide bonds. The lowest BCUT2D eigenvalue weighted by Crippen LogP contribution is -2.78. The molecule has 1 atom stereocenters. The molecule has 0 radical (unpaired) electrons. The summed E-state index contributed by atoms with van der Waals surface area (Å²) in [6.45, 7) is 1.46. The third kappa shape index (κ3) is 5.20. The van der Waals surface area contributed by atoms with Gasteiger partial charge in [-0.3, -0.25) is 24.2 Å². The van der Waals surface area contributed by atoms with Gasteiger partial charge in [-0.05, 0) is 43.6 Å². The van der Waals surface area contributed by atoms with E-state index in [4.69, 9.17) is 0 Å². The fourth-order valence-corrected chi connectivity index (χ4v) is 5.31. The summed E-state index contributed by atoms with van der Waals surface area (Å²) in [5.74, 6) is -13.9. The average Bonchev–Trinajstić information content (AvgIpc) is 3.30. The zero-order valence-corrected chi connectivity index (χ0v) is 22.3. The molecule has 4 rings (SSSR count). The van der Waals surface area contributed by atoms with Crippen molar-refractivity contribution in [3.8, 4) is 0 Å². The molecule has 2 heterocycles. The maximum atomic E-state index is 13.3. The van der Waals surface area contributed by atoms with Gasteiger partial charge >= 0.3 is 0 Å². The van der Waals surface area contributed by atoms with Gasteiger partial charge in [-0.1, -0.05) is 36.8 Å². The first-order chi connectivity index (χ1) is 19.2. The Hall–Kier alpha value is -3.47. The predicted octanol–water partition coefficient (Wildman–Crippen LogP) is -2.17. The summed E-state index contributed by atoms with van der Waals surface area (Å²) in [7, 11) is 0.967. The van der Waals surface area contributed by atoms with Crippen molar-refractivity contribution in [2.24, 2.45) is 0 Å². The zero-order valence-electron chi connectivity index (χ0n) is 22.3. The van der Waals surface area contributed by atoms with Crippen LogP contribution in [0.15, 0.2) is 42.5 Å². The molecule has 1 unspecified atom stereocenters. The molecule has 0 saturated carbocycles. The van der Waals surface area contributed by atoms with Crippen molar-refractivity contribution >= 4 is 23.8 Å². The summed E-state index contributed by atoms with van der Waals surface area (Å²) in [5, 5.41) is 78.9. The van der Waals surface area contributed by atoms with Gasteiger partial charge in [0.25, 0.3) is 35.0 Å². The van der Waals surface area contributed by atoms with Crippen LogP contribution in [0.2, 0.25) is 0 Å². The van der Waals surface area contributed by atoms with E-state index in [-0.39, 0.29) is 27.3 Å². The van der Waals surface area contributed by atoms with E-state index in [2.05, 4.69) is 10.2 Å². The molecule has 41 heavy (non-hydrogen) atoms. The molecule has 0 aromatic heterocycles. The van der Waals surface area contributed by atoms with Gasteiger partial charge in [0.1, 0.15) is 0 Å². The molecular formula is C27H34N4O10.